The fourth-order valence-corrected chi connectivity index (χ4v) is 0.499. The van der Waals surface area contributed by atoms with Gasteiger partial charge in [0.05, 0.1) is 5.76 Å². The predicted molar refractivity (Wildman–Crippen MR) is 27.7 cm³/mol. The number of hydrogen-bond donors (Lipinski definition) is 1. The lowest BCUT2D eigenvalue weighted by atomic mass is 10.4. The summed E-state index contributed by atoms with van der Waals surface area (Å²) in [5, 5.41) is 3.02. The van der Waals surface area contributed by atoms with Crippen LogP contribution in [-0.4, -0.2) is 13.3 Å². The van der Waals surface area contributed by atoms with Crippen LogP contribution >= 0.6 is 0 Å². The molecule has 40 valence electrons. The summed E-state index contributed by atoms with van der Waals surface area (Å²) < 4.78 is 5.03. The van der Waals surface area contributed by atoms with Gasteiger partial charge in [-0.15, -0.1) is 0 Å². The standard InChI is InChI=1S/C5H9NO/c1-5-2-3-6-4-7-5/h2,6H,3-4H2,1H3. The molecular weight excluding hydrogens is 90.1 g/mol. The fourth-order valence-electron chi connectivity index (χ4n) is 0.499. The monoisotopic (exact) mass is 99.1 g/mol. The van der Waals surface area contributed by atoms with Crippen molar-refractivity contribution in [2.45, 2.75) is 6.92 Å². The molecule has 0 saturated heterocycles. The molecule has 1 aliphatic rings. The van der Waals surface area contributed by atoms with Gasteiger partial charge in [-0.1, -0.05) is 0 Å². The van der Waals surface area contributed by atoms with Crippen LogP contribution in [0, 0.1) is 0 Å². The van der Waals surface area contributed by atoms with Gasteiger partial charge < -0.3 is 4.74 Å². The molecule has 1 heterocycles. The second-order valence-corrected chi connectivity index (χ2v) is 1.56. The highest BCUT2D eigenvalue weighted by atomic mass is 16.5. The van der Waals surface area contributed by atoms with Gasteiger partial charge in [-0.25, -0.2) is 0 Å². The van der Waals surface area contributed by atoms with Gasteiger partial charge in [0.2, 0.25) is 0 Å². The van der Waals surface area contributed by atoms with E-state index in [0.717, 1.165) is 12.3 Å². The van der Waals surface area contributed by atoms with E-state index in [1.807, 2.05) is 13.0 Å². The van der Waals surface area contributed by atoms with E-state index in [4.69, 9.17) is 4.74 Å². The molecule has 0 aliphatic carbocycles. The minimum absolute atomic E-state index is 0.669. The van der Waals surface area contributed by atoms with E-state index < -0.39 is 0 Å². The first-order valence-corrected chi connectivity index (χ1v) is 2.40. The topological polar surface area (TPSA) is 21.3 Å². The summed E-state index contributed by atoms with van der Waals surface area (Å²) in [6, 6.07) is 0. The number of nitrogens with one attached hydrogen (secondary N) is 1. The zero-order chi connectivity index (χ0) is 5.11. The molecule has 0 spiro atoms. The van der Waals surface area contributed by atoms with E-state index in [-0.39, 0.29) is 0 Å². The van der Waals surface area contributed by atoms with Crippen LogP contribution in [0.2, 0.25) is 0 Å². The van der Waals surface area contributed by atoms with Crippen LogP contribution in [0.4, 0.5) is 0 Å². The molecule has 0 bridgehead atoms. The van der Waals surface area contributed by atoms with Crippen molar-refractivity contribution in [2.75, 3.05) is 13.3 Å². The maximum atomic E-state index is 5.03. The highest BCUT2D eigenvalue weighted by Crippen LogP contribution is 1.95. The molecule has 7 heavy (non-hydrogen) atoms. The molecule has 0 saturated carbocycles. The first-order chi connectivity index (χ1) is 3.39. The van der Waals surface area contributed by atoms with E-state index in [9.17, 15) is 0 Å². The van der Waals surface area contributed by atoms with Gasteiger partial charge in [0.25, 0.3) is 0 Å². The van der Waals surface area contributed by atoms with Gasteiger partial charge in [0.15, 0.2) is 0 Å². The first-order valence-electron chi connectivity index (χ1n) is 2.40. The number of ether oxygens (including phenoxy) is 1. The largest absolute Gasteiger partial charge is 0.483 e. The molecule has 2 heteroatoms. The van der Waals surface area contributed by atoms with Crippen molar-refractivity contribution in [1.82, 2.24) is 5.32 Å². The summed E-state index contributed by atoms with van der Waals surface area (Å²) >= 11 is 0. The van der Waals surface area contributed by atoms with Gasteiger partial charge >= 0.3 is 0 Å². The molecule has 0 atom stereocenters. The lowest BCUT2D eigenvalue weighted by molar-refractivity contribution is 0.179. The Hall–Kier alpha value is -0.500. The first kappa shape index (κ1) is 4.65. The summed E-state index contributed by atoms with van der Waals surface area (Å²) in [5.74, 6) is 1.03. The SMILES string of the molecule is CC1=CCNCO1. The molecule has 0 fully saturated rings. The van der Waals surface area contributed by atoms with Gasteiger partial charge in [-0.05, 0) is 13.0 Å². The maximum absolute atomic E-state index is 5.03. The predicted octanol–water partition coefficient (Wildman–Crippen LogP) is 0.467. The molecule has 1 N–H and O–H groups in total. The Kier molecular flexibility index (Phi) is 1.32. The lowest BCUT2D eigenvalue weighted by Gasteiger charge is -2.11. The third kappa shape index (κ3) is 1.20. The Morgan fingerprint density at radius 3 is 3.00 bits per heavy atom. The van der Waals surface area contributed by atoms with Gasteiger partial charge in [0, 0.05) is 6.54 Å². The highest BCUT2D eigenvalue weighted by Gasteiger charge is 1.93. The average Bonchev–Trinajstić information content (AvgIpc) is 1.69. The highest BCUT2D eigenvalue weighted by molar-refractivity contribution is 4.92. The second kappa shape index (κ2) is 1.98. The van der Waals surface area contributed by atoms with Gasteiger partial charge in [0.1, 0.15) is 6.73 Å². The van der Waals surface area contributed by atoms with Crippen molar-refractivity contribution in [3.8, 4) is 0 Å². The van der Waals surface area contributed by atoms with Crippen LogP contribution in [0.15, 0.2) is 11.8 Å². The molecule has 0 unspecified atom stereocenters. The summed E-state index contributed by atoms with van der Waals surface area (Å²) in [6.45, 7) is 3.58. The molecule has 2 nitrogen and oxygen atoms in total. The van der Waals surface area contributed by atoms with Crippen LogP contribution in [0.3, 0.4) is 0 Å². The number of rotatable bonds is 0. The molecule has 0 aromatic carbocycles. The van der Waals surface area contributed by atoms with Crippen molar-refractivity contribution in [3.05, 3.63) is 11.8 Å². The normalized spacial score (nSPS) is 20.4. The second-order valence-electron chi connectivity index (χ2n) is 1.56. The molecule has 0 aromatic rings. The maximum Gasteiger partial charge on any atom is 0.139 e. The molecule has 1 rings (SSSR count). The minimum Gasteiger partial charge on any atom is -0.483 e. The molecule has 0 amide bonds. The fraction of sp³-hybridized carbons (Fsp3) is 0.600. The Balaban J connectivity index is 2.40. The summed E-state index contributed by atoms with van der Waals surface area (Å²) in [4.78, 5) is 0. The van der Waals surface area contributed by atoms with Gasteiger partial charge in [-0.3, -0.25) is 5.32 Å². The third-order valence-corrected chi connectivity index (χ3v) is 0.936. The van der Waals surface area contributed by atoms with Crippen molar-refractivity contribution < 1.29 is 4.74 Å². The van der Waals surface area contributed by atoms with Crippen LogP contribution in [0.5, 0.6) is 0 Å². The molecule has 0 radical (unpaired) electrons. The summed E-state index contributed by atoms with van der Waals surface area (Å²) in [6.07, 6.45) is 2.02. The Bertz CT molecular complexity index is 88.1. The van der Waals surface area contributed by atoms with Gasteiger partial charge in [-0.2, -0.15) is 0 Å². The Morgan fingerprint density at radius 1 is 1.86 bits per heavy atom. The minimum atomic E-state index is 0.669. The van der Waals surface area contributed by atoms with E-state index in [0.29, 0.717) is 6.73 Å². The van der Waals surface area contributed by atoms with Crippen molar-refractivity contribution in [1.29, 1.82) is 0 Å². The van der Waals surface area contributed by atoms with Crippen molar-refractivity contribution in [2.24, 2.45) is 0 Å². The van der Waals surface area contributed by atoms with Crippen LogP contribution < -0.4 is 5.32 Å². The zero-order valence-electron chi connectivity index (χ0n) is 4.40. The van der Waals surface area contributed by atoms with Crippen LogP contribution in [0.1, 0.15) is 6.92 Å². The lowest BCUT2D eigenvalue weighted by Crippen LogP contribution is -2.21. The molecule has 1 aliphatic heterocycles. The molecular formula is C5H9NO. The van der Waals surface area contributed by atoms with Crippen molar-refractivity contribution >= 4 is 0 Å². The zero-order valence-corrected chi connectivity index (χ0v) is 4.40. The van der Waals surface area contributed by atoms with Crippen LogP contribution in [0.25, 0.3) is 0 Å². The summed E-state index contributed by atoms with van der Waals surface area (Å²) in [7, 11) is 0. The van der Waals surface area contributed by atoms with E-state index in [1.54, 1.807) is 0 Å². The van der Waals surface area contributed by atoms with E-state index in [1.165, 1.54) is 0 Å². The summed E-state index contributed by atoms with van der Waals surface area (Å²) in [5.41, 5.74) is 0. The van der Waals surface area contributed by atoms with E-state index >= 15 is 0 Å². The smallest absolute Gasteiger partial charge is 0.139 e. The molecule has 0 aromatic heterocycles. The van der Waals surface area contributed by atoms with Crippen molar-refractivity contribution in [3.63, 3.8) is 0 Å². The van der Waals surface area contributed by atoms with Crippen LogP contribution in [-0.2, 0) is 4.74 Å². The Morgan fingerprint density at radius 2 is 2.71 bits per heavy atom. The third-order valence-electron chi connectivity index (χ3n) is 0.936. The quantitative estimate of drug-likeness (QED) is 0.476. The number of allylic oxidation sites excluding steroid dienone is 1. The average molecular weight is 99.1 g/mol. The van der Waals surface area contributed by atoms with E-state index in [2.05, 4.69) is 5.32 Å². The number of hydrogen-bond acceptors (Lipinski definition) is 2. The Labute approximate surface area is 43.2 Å².